The van der Waals surface area contributed by atoms with Gasteiger partial charge < -0.3 is 10.2 Å². The highest BCUT2D eigenvalue weighted by molar-refractivity contribution is 5.96. The molecule has 0 radical (unpaired) electrons. The molecule has 1 N–H and O–H groups in total. The van der Waals surface area contributed by atoms with Crippen molar-refractivity contribution in [2.24, 2.45) is 5.92 Å². The fourth-order valence-corrected chi connectivity index (χ4v) is 2.62. The van der Waals surface area contributed by atoms with E-state index < -0.39 is 6.04 Å². The fourth-order valence-electron chi connectivity index (χ4n) is 2.62. The molecular formula is C16H23N3O2. The quantitative estimate of drug-likeness (QED) is 0.891. The Balaban J connectivity index is 2.04. The van der Waals surface area contributed by atoms with Crippen molar-refractivity contribution in [1.82, 2.24) is 15.2 Å². The van der Waals surface area contributed by atoms with E-state index in [0.29, 0.717) is 25.3 Å². The number of carbonyl (C=O) groups is 2. The Bertz CT molecular complexity index is 502. The lowest BCUT2D eigenvalue weighted by molar-refractivity contribution is -0.149. The molecule has 1 aliphatic heterocycles. The number of nitrogens with zero attached hydrogens (tertiary/aromatic N) is 2. The normalized spacial score (nSPS) is 22.6. The lowest BCUT2D eigenvalue weighted by Gasteiger charge is -2.38. The van der Waals surface area contributed by atoms with Crippen LogP contribution in [-0.4, -0.2) is 40.3 Å². The average molecular weight is 289 g/mol. The van der Waals surface area contributed by atoms with Gasteiger partial charge in [-0.25, -0.2) is 0 Å². The zero-order valence-electron chi connectivity index (χ0n) is 12.9. The Morgan fingerprint density at radius 1 is 1.38 bits per heavy atom. The molecule has 2 atom stereocenters. The molecule has 1 aromatic rings. The third kappa shape index (κ3) is 3.80. The molecule has 2 rings (SSSR count). The third-order valence-corrected chi connectivity index (χ3v) is 3.82. The number of hydrogen-bond donors (Lipinski definition) is 1. The molecule has 21 heavy (non-hydrogen) atoms. The lowest BCUT2D eigenvalue weighted by atomic mass is 9.98. The second kappa shape index (κ2) is 6.70. The predicted octanol–water partition coefficient (Wildman–Crippen LogP) is 1.39. The summed E-state index contributed by atoms with van der Waals surface area (Å²) in [6.07, 6.45) is 4.92. The maximum Gasteiger partial charge on any atom is 0.245 e. The summed E-state index contributed by atoms with van der Waals surface area (Å²) in [7, 11) is 0. The summed E-state index contributed by atoms with van der Waals surface area (Å²) in [5.41, 5.74) is 1.07. The molecule has 1 aliphatic rings. The highest BCUT2D eigenvalue weighted by Crippen LogP contribution is 2.16. The fraction of sp³-hybridized carbons (Fsp3) is 0.562. The van der Waals surface area contributed by atoms with Crippen molar-refractivity contribution >= 4 is 11.8 Å². The van der Waals surface area contributed by atoms with Crippen LogP contribution in [0.3, 0.4) is 0 Å². The van der Waals surface area contributed by atoms with Crippen LogP contribution in [0.2, 0.25) is 0 Å². The standard InChI is InChI=1S/C16H23N3O2/c1-11(2)9-14-16(21)19(12(3)15(20)18-14)8-6-13-5-4-7-17-10-13/h4-5,7,10-12,14H,6,8-9H2,1-3H3,(H,18,20). The number of amides is 2. The predicted molar refractivity (Wildman–Crippen MR) is 80.5 cm³/mol. The molecule has 5 nitrogen and oxygen atoms in total. The maximum atomic E-state index is 12.5. The molecule has 2 heterocycles. The molecule has 1 aromatic heterocycles. The number of carbonyl (C=O) groups excluding carboxylic acids is 2. The van der Waals surface area contributed by atoms with Crippen molar-refractivity contribution in [3.8, 4) is 0 Å². The highest BCUT2D eigenvalue weighted by Gasteiger charge is 2.37. The van der Waals surface area contributed by atoms with Gasteiger partial charge in [0.15, 0.2) is 0 Å². The molecule has 0 aliphatic carbocycles. The number of pyridine rings is 1. The van der Waals surface area contributed by atoms with Crippen LogP contribution >= 0.6 is 0 Å². The molecule has 0 saturated carbocycles. The SMILES string of the molecule is CC(C)CC1NC(=O)C(C)N(CCc2cccnc2)C1=O. The molecule has 2 amide bonds. The molecule has 0 bridgehead atoms. The van der Waals surface area contributed by atoms with Crippen LogP contribution < -0.4 is 5.32 Å². The van der Waals surface area contributed by atoms with Crippen molar-refractivity contribution in [1.29, 1.82) is 0 Å². The van der Waals surface area contributed by atoms with Gasteiger partial charge in [0.1, 0.15) is 12.1 Å². The molecule has 5 heteroatoms. The number of aromatic nitrogens is 1. The molecule has 1 fully saturated rings. The van der Waals surface area contributed by atoms with Gasteiger partial charge in [0.05, 0.1) is 0 Å². The Morgan fingerprint density at radius 3 is 2.76 bits per heavy atom. The van der Waals surface area contributed by atoms with E-state index >= 15 is 0 Å². The van der Waals surface area contributed by atoms with Crippen molar-refractivity contribution < 1.29 is 9.59 Å². The van der Waals surface area contributed by atoms with Crippen LogP contribution in [0.25, 0.3) is 0 Å². The van der Waals surface area contributed by atoms with E-state index in [1.807, 2.05) is 12.1 Å². The number of piperazine rings is 1. The van der Waals surface area contributed by atoms with Gasteiger partial charge in [-0.2, -0.15) is 0 Å². The second-order valence-corrected chi connectivity index (χ2v) is 6.01. The van der Waals surface area contributed by atoms with E-state index in [2.05, 4.69) is 24.1 Å². The molecule has 1 saturated heterocycles. The summed E-state index contributed by atoms with van der Waals surface area (Å²) in [5, 5.41) is 2.83. The van der Waals surface area contributed by atoms with Gasteiger partial charge >= 0.3 is 0 Å². The van der Waals surface area contributed by atoms with Gasteiger partial charge in [-0.1, -0.05) is 19.9 Å². The van der Waals surface area contributed by atoms with Gasteiger partial charge in [-0.05, 0) is 37.3 Å². The maximum absolute atomic E-state index is 12.5. The van der Waals surface area contributed by atoms with Crippen molar-refractivity contribution in [3.05, 3.63) is 30.1 Å². The molecule has 0 spiro atoms. The first-order valence-corrected chi connectivity index (χ1v) is 7.48. The van der Waals surface area contributed by atoms with Crippen LogP contribution in [0, 0.1) is 5.92 Å². The van der Waals surface area contributed by atoms with Crippen molar-refractivity contribution in [3.63, 3.8) is 0 Å². The van der Waals surface area contributed by atoms with Gasteiger partial charge in [-0.3, -0.25) is 14.6 Å². The van der Waals surface area contributed by atoms with E-state index in [-0.39, 0.29) is 17.9 Å². The van der Waals surface area contributed by atoms with E-state index in [1.165, 1.54) is 0 Å². The molecular weight excluding hydrogens is 266 g/mol. The minimum absolute atomic E-state index is 0.0275. The minimum atomic E-state index is -0.405. The number of hydrogen-bond acceptors (Lipinski definition) is 3. The van der Waals surface area contributed by atoms with E-state index in [4.69, 9.17) is 0 Å². The van der Waals surface area contributed by atoms with Crippen LogP contribution in [0.15, 0.2) is 24.5 Å². The monoisotopic (exact) mass is 289 g/mol. The Morgan fingerprint density at radius 2 is 2.14 bits per heavy atom. The van der Waals surface area contributed by atoms with Crippen molar-refractivity contribution in [2.75, 3.05) is 6.54 Å². The van der Waals surface area contributed by atoms with E-state index in [9.17, 15) is 9.59 Å². The Kier molecular flexibility index (Phi) is 4.94. The zero-order valence-corrected chi connectivity index (χ0v) is 12.9. The molecule has 114 valence electrons. The topological polar surface area (TPSA) is 62.3 Å². The van der Waals surface area contributed by atoms with Gasteiger partial charge in [-0.15, -0.1) is 0 Å². The van der Waals surface area contributed by atoms with Crippen LogP contribution in [0.5, 0.6) is 0 Å². The number of nitrogens with one attached hydrogen (secondary N) is 1. The van der Waals surface area contributed by atoms with E-state index in [1.54, 1.807) is 24.2 Å². The first kappa shape index (κ1) is 15.5. The first-order chi connectivity index (χ1) is 9.99. The van der Waals surface area contributed by atoms with Gasteiger partial charge in [0.25, 0.3) is 0 Å². The van der Waals surface area contributed by atoms with Crippen molar-refractivity contribution in [2.45, 2.75) is 45.7 Å². The Labute approximate surface area is 125 Å². The minimum Gasteiger partial charge on any atom is -0.343 e. The van der Waals surface area contributed by atoms with E-state index in [0.717, 1.165) is 5.56 Å². The number of rotatable bonds is 5. The summed E-state index contributed by atoms with van der Waals surface area (Å²) < 4.78 is 0. The summed E-state index contributed by atoms with van der Waals surface area (Å²) in [6.45, 7) is 6.44. The molecule has 2 unspecified atom stereocenters. The first-order valence-electron chi connectivity index (χ1n) is 7.48. The molecule has 0 aromatic carbocycles. The smallest absolute Gasteiger partial charge is 0.245 e. The summed E-state index contributed by atoms with van der Waals surface area (Å²) in [5.74, 6) is 0.332. The summed E-state index contributed by atoms with van der Waals surface area (Å²) in [6, 6.07) is 3.07. The largest absolute Gasteiger partial charge is 0.343 e. The lowest BCUT2D eigenvalue weighted by Crippen LogP contribution is -2.62. The highest BCUT2D eigenvalue weighted by atomic mass is 16.2. The van der Waals surface area contributed by atoms with Crippen LogP contribution in [0.4, 0.5) is 0 Å². The summed E-state index contributed by atoms with van der Waals surface area (Å²) >= 11 is 0. The van der Waals surface area contributed by atoms with Crippen LogP contribution in [0.1, 0.15) is 32.8 Å². The Hall–Kier alpha value is -1.91. The zero-order chi connectivity index (χ0) is 15.4. The third-order valence-electron chi connectivity index (χ3n) is 3.82. The van der Waals surface area contributed by atoms with Gasteiger partial charge in [0.2, 0.25) is 11.8 Å². The van der Waals surface area contributed by atoms with Gasteiger partial charge in [0, 0.05) is 18.9 Å². The van der Waals surface area contributed by atoms with Crippen LogP contribution in [-0.2, 0) is 16.0 Å². The average Bonchev–Trinajstić information content (AvgIpc) is 2.45. The summed E-state index contributed by atoms with van der Waals surface area (Å²) in [4.78, 5) is 30.3. The second-order valence-electron chi connectivity index (χ2n) is 6.01.